The normalized spacial score (nSPS) is 16.5. The summed E-state index contributed by atoms with van der Waals surface area (Å²) in [6, 6.07) is 0.178. The summed E-state index contributed by atoms with van der Waals surface area (Å²) in [6.07, 6.45) is 2.89. The van der Waals surface area contributed by atoms with Gasteiger partial charge in [-0.2, -0.15) is 0 Å². The molecule has 4 N–H and O–H groups in total. The molecule has 1 aliphatic rings. The Hall–Kier alpha value is -4.16. The van der Waals surface area contributed by atoms with E-state index < -0.39 is 71.2 Å². The van der Waals surface area contributed by atoms with Crippen LogP contribution >= 0.6 is 0 Å². The van der Waals surface area contributed by atoms with Crippen molar-refractivity contribution < 1.29 is 37.9 Å². The van der Waals surface area contributed by atoms with Crippen molar-refractivity contribution in [1.29, 1.82) is 0 Å². The number of hydrogen-bond acceptors (Lipinski definition) is 8. The van der Waals surface area contributed by atoms with Gasteiger partial charge in [-0.25, -0.2) is 4.79 Å². The number of rotatable bonds is 12. The minimum Gasteiger partial charge on any atom is -0.467 e. The van der Waals surface area contributed by atoms with Crippen molar-refractivity contribution in [3.63, 3.8) is 0 Å². The Morgan fingerprint density at radius 1 is 1.10 bits per heavy atom. The lowest BCUT2D eigenvalue weighted by molar-refractivity contribution is -0.144. The van der Waals surface area contributed by atoms with Crippen molar-refractivity contribution >= 4 is 35.5 Å². The maximum atomic E-state index is 13.6. The number of ketones is 1. The van der Waals surface area contributed by atoms with Gasteiger partial charge in [0.2, 0.25) is 23.5 Å². The van der Waals surface area contributed by atoms with Gasteiger partial charge in [0.05, 0.1) is 19.4 Å². The highest BCUT2D eigenvalue weighted by Crippen LogP contribution is 2.26. The molecule has 0 spiro atoms. The van der Waals surface area contributed by atoms with Crippen molar-refractivity contribution in [3.05, 3.63) is 36.8 Å². The Balaban J connectivity index is 2.04. The van der Waals surface area contributed by atoms with E-state index in [9.17, 15) is 28.8 Å². The van der Waals surface area contributed by atoms with Crippen LogP contribution in [0.3, 0.4) is 0 Å². The average Bonchev–Trinajstić information content (AvgIpc) is 3.59. The van der Waals surface area contributed by atoms with Crippen LogP contribution in [0.15, 0.2) is 35.5 Å². The fourth-order valence-corrected chi connectivity index (χ4v) is 4.28. The Bertz CT molecular complexity index is 1150. The molecule has 0 saturated carbocycles. The number of nitrogens with zero attached hydrogens (tertiary/aromatic N) is 1. The van der Waals surface area contributed by atoms with Crippen molar-refractivity contribution in [2.24, 2.45) is 5.41 Å². The van der Waals surface area contributed by atoms with E-state index in [0.717, 1.165) is 0 Å². The van der Waals surface area contributed by atoms with Gasteiger partial charge in [0, 0.05) is 6.54 Å². The Kier molecular flexibility index (Phi) is 11.9. The van der Waals surface area contributed by atoms with Gasteiger partial charge in [0.1, 0.15) is 29.5 Å². The number of likely N-dealkylation sites (tertiary alicyclic amines) is 1. The second-order valence-corrected chi connectivity index (χ2v) is 12.1. The van der Waals surface area contributed by atoms with Crippen molar-refractivity contribution in [1.82, 2.24) is 26.2 Å². The van der Waals surface area contributed by atoms with E-state index in [4.69, 9.17) is 9.15 Å². The molecular weight excluding hydrogens is 546 g/mol. The van der Waals surface area contributed by atoms with Gasteiger partial charge >= 0.3 is 6.09 Å². The summed E-state index contributed by atoms with van der Waals surface area (Å²) < 4.78 is 10.4. The van der Waals surface area contributed by atoms with Gasteiger partial charge in [-0.3, -0.25) is 24.0 Å². The predicted octanol–water partition coefficient (Wildman–Crippen LogP) is 1.57. The molecule has 1 aromatic rings. The number of furan rings is 1. The number of alkyl carbamates (subject to hydrolysis) is 1. The van der Waals surface area contributed by atoms with Crippen LogP contribution in [-0.2, 0) is 35.3 Å². The molecule has 2 unspecified atom stereocenters. The fourth-order valence-electron chi connectivity index (χ4n) is 4.28. The average molecular weight is 590 g/mol. The van der Waals surface area contributed by atoms with Crippen molar-refractivity contribution in [2.45, 2.75) is 91.1 Å². The molecule has 42 heavy (non-hydrogen) atoms. The second kappa shape index (κ2) is 14.6. The number of nitrogens with one attached hydrogen (secondary N) is 4. The molecule has 5 amide bonds. The van der Waals surface area contributed by atoms with Crippen LogP contribution in [0.2, 0.25) is 0 Å². The first-order chi connectivity index (χ1) is 19.5. The minimum atomic E-state index is -1.25. The Morgan fingerprint density at radius 3 is 2.36 bits per heavy atom. The monoisotopic (exact) mass is 589 g/mol. The standard InChI is InChI=1S/C29H43N5O8/c1-8-11-19(22(36)25(38)31-17-21(35)30-16-18-12-10-15-41-18)32-24(37)20-13-9-14-34(20)26(39)23(28(2,3)4)33-27(40)42-29(5,6)7/h8,10,12,15,19-20,23H,1,9,11,13-14,16-17H2,2-7H3,(H,30,35)(H,31,38)(H,32,37)(H,33,40)/t19?,20?,23-/m1/s1. The summed E-state index contributed by atoms with van der Waals surface area (Å²) in [5, 5.41) is 10.0. The highest BCUT2D eigenvalue weighted by molar-refractivity contribution is 6.38. The topological polar surface area (TPSA) is 176 Å². The molecule has 0 bridgehead atoms. The van der Waals surface area contributed by atoms with Crippen LogP contribution < -0.4 is 21.3 Å². The lowest BCUT2D eigenvalue weighted by atomic mass is 9.85. The van der Waals surface area contributed by atoms with Gasteiger partial charge in [-0.05, 0) is 57.6 Å². The zero-order valence-electron chi connectivity index (χ0n) is 25.2. The number of amides is 5. The highest BCUT2D eigenvalue weighted by atomic mass is 16.6. The summed E-state index contributed by atoms with van der Waals surface area (Å²) in [5.41, 5.74) is -1.48. The first-order valence-corrected chi connectivity index (χ1v) is 13.9. The third kappa shape index (κ3) is 10.3. The molecule has 1 aliphatic heterocycles. The zero-order chi connectivity index (χ0) is 31.7. The van der Waals surface area contributed by atoms with Crippen LogP contribution in [0.5, 0.6) is 0 Å². The number of carbonyl (C=O) groups is 6. The highest BCUT2D eigenvalue weighted by Gasteiger charge is 2.43. The van der Waals surface area contributed by atoms with E-state index in [0.29, 0.717) is 18.6 Å². The van der Waals surface area contributed by atoms with Crippen LogP contribution in [0.25, 0.3) is 0 Å². The molecule has 1 saturated heterocycles. The van der Waals surface area contributed by atoms with E-state index in [1.54, 1.807) is 53.7 Å². The molecular formula is C29H43N5O8. The molecule has 2 rings (SSSR count). The Labute approximate surface area is 246 Å². The minimum absolute atomic E-state index is 0.0475. The van der Waals surface area contributed by atoms with Crippen LogP contribution in [0.4, 0.5) is 4.79 Å². The molecule has 1 fully saturated rings. The zero-order valence-corrected chi connectivity index (χ0v) is 25.2. The molecule has 0 aliphatic carbocycles. The number of Topliss-reactive ketones (excluding diaryl/α,β-unsaturated/α-hetero) is 1. The number of ether oxygens (including phenoxy) is 1. The van der Waals surface area contributed by atoms with Crippen molar-refractivity contribution in [3.8, 4) is 0 Å². The fraction of sp³-hybridized carbons (Fsp3) is 0.586. The van der Waals surface area contributed by atoms with E-state index >= 15 is 0 Å². The molecule has 232 valence electrons. The molecule has 0 radical (unpaired) electrons. The summed E-state index contributed by atoms with van der Waals surface area (Å²) in [7, 11) is 0. The van der Waals surface area contributed by atoms with Crippen molar-refractivity contribution in [2.75, 3.05) is 13.1 Å². The second-order valence-electron chi connectivity index (χ2n) is 12.1. The molecule has 13 nitrogen and oxygen atoms in total. The maximum Gasteiger partial charge on any atom is 0.408 e. The lowest BCUT2D eigenvalue weighted by Gasteiger charge is -2.36. The summed E-state index contributed by atoms with van der Waals surface area (Å²) in [4.78, 5) is 78.2. The van der Waals surface area contributed by atoms with E-state index in [-0.39, 0.29) is 19.5 Å². The molecule has 2 heterocycles. The van der Waals surface area contributed by atoms with Gasteiger partial charge in [-0.1, -0.05) is 26.8 Å². The SMILES string of the molecule is C=CCC(NC(=O)C1CCCN1C(=O)[C@@H](NC(=O)OC(C)(C)C)C(C)(C)C)C(=O)C(=O)NCC(=O)NCc1ccco1. The summed E-state index contributed by atoms with van der Waals surface area (Å²) >= 11 is 0. The molecule has 1 aromatic heterocycles. The maximum absolute atomic E-state index is 13.6. The van der Waals surface area contributed by atoms with Gasteiger partial charge < -0.3 is 35.3 Å². The first kappa shape index (κ1) is 34.0. The first-order valence-electron chi connectivity index (χ1n) is 13.9. The lowest BCUT2D eigenvalue weighted by Crippen LogP contribution is -2.59. The summed E-state index contributed by atoms with van der Waals surface area (Å²) in [5.74, 6) is -3.11. The predicted molar refractivity (Wildman–Crippen MR) is 153 cm³/mol. The van der Waals surface area contributed by atoms with Crippen LogP contribution in [0.1, 0.15) is 66.6 Å². The molecule has 3 atom stereocenters. The molecule has 0 aromatic carbocycles. The third-order valence-electron chi connectivity index (χ3n) is 6.32. The third-order valence-corrected chi connectivity index (χ3v) is 6.32. The number of carbonyl (C=O) groups excluding carboxylic acids is 6. The van der Waals surface area contributed by atoms with E-state index in [2.05, 4.69) is 27.8 Å². The smallest absolute Gasteiger partial charge is 0.408 e. The van der Waals surface area contributed by atoms with E-state index in [1.165, 1.54) is 17.2 Å². The van der Waals surface area contributed by atoms with E-state index in [1.807, 2.05) is 0 Å². The summed E-state index contributed by atoms with van der Waals surface area (Å²) in [6.45, 7) is 14.0. The van der Waals surface area contributed by atoms with Gasteiger partial charge in [0.25, 0.3) is 5.91 Å². The van der Waals surface area contributed by atoms with Gasteiger partial charge in [0.15, 0.2) is 0 Å². The quantitative estimate of drug-likeness (QED) is 0.210. The Morgan fingerprint density at radius 2 is 1.79 bits per heavy atom. The van der Waals surface area contributed by atoms with Gasteiger partial charge in [-0.15, -0.1) is 6.58 Å². The van der Waals surface area contributed by atoms with Crippen LogP contribution in [-0.4, -0.2) is 77.2 Å². The van der Waals surface area contributed by atoms with Crippen LogP contribution in [0, 0.1) is 5.41 Å². The number of hydrogen-bond donors (Lipinski definition) is 4. The largest absolute Gasteiger partial charge is 0.467 e. The molecule has 13 heteroatoms.